The third-order valence-electron chi connectivity index (χ3n) is 3.63. The topological polar surface area (TPSA) is 96.5 Å². The van der Waals surface area contributed by atoms with Gasteiger partial charge in [-0.25, -0.2) is 4.79 Å². The van der Waals surface area contributed by atoms with Gasteiger partial charge in [0.2, 0.25) is 11.8 Å². The van der Waals surface area contributed by atoms with Gasteiger partial charge in [0.05, 0.1) is 17.9 Å². The summed E-state index contributed by atoms with van der Waals surface area (Å²) in [7, 11) is 0. The molecule has 12 heteroatoms. The molecule has 3 N–H and O–H groups in total. The third-order valence-corrected chi connectivity index (χ3v) is 6.12. The van der Waals surface area contributed by atoms with E-state index in [4.69, 9.17) is 0 Å². The largest absolute Gasteiger partial charge is 0.450 e. The molecule has 2 heterocycles. The van der Waals surface area contributed by atoms with E-state index >= 15 is 0 Å². The van der Waals surface area contributed by atoms with Crippen LogP contribution in [0, 0.1) is 5.92 Å². The van der Waals surface area contributed by atoms with Gasteiger partial charge in [-0.2, -0.15) is 13.2 Å². The predicted molar refractivity (Wildman–Crippen MR) is 86.9 cm³/mol. The molecular formula is C13H18F3N3O4S2. The second kappa shape index (κ2) is 8.49. The molecule has 0 bridgehead atoms. The number of alkyl carbamates (subject to hydrolysis) is 1. The van der Waals surface area contributed by atoms with Crippen LogP contribution in [0.2, 0.25) is 0 Å². The average molecular weight is 401 g/mol. The van der Waals surface area contributed by atoms with Crippen LogP contribution >= 0.6 is 23.5 Å². The molecule has 0 radical (unpaired) electrons. The van der Waals surface area contributed by atoms with Crippen LogP contribution in [0.4, 0.5) is 18.0 Å². The van der Waals surface area contributed by atoms with Gasteiger partial charge in [0.15, 0.2) is 0 Å². The van der Waals surface area contributed by atoms with E-state index in [1.54, 1.807) is 6.92 Å². The molecule has 142 valence electrons. The van der Waals surface area contributed by atoms with Crippen LogP contribution in [-0.4, -0.2) is 59.0 Å². The number of carbonyl (C=O) groups is 3. The Morgan fingerprint density at radius 1 is 1.24 bits per heavy atom. The minimum atomic E-state index is -4.41. The zero-order valence-corrected chi connectivity index (χ0v) is 14.9. The summed E-state index contributed by atoms with van der Waals surface area (Å²) < 4.78 is 42.6. The Kier molecular flexibility index (Phi) is 6.86. The first-order chi connectivity index (χ1) is 11.7. The summed E-state index contributed by atoms with van der Waals surface area (Å²) >= 11 is 2.18. The maximum absolute atomic E-state index is 12.6. The first-order valence-corrected chi connectivity index (χ1v) is 9.66. The van der Waals surface area contributed by atoms with Crippen LogP contribution in [0.25, 0.3) is 0 Å². The lowest BCUT2D eigenvalue weighted by Gasteiger charge is -2.21. The Hall–Kier alpha value is -1.14. The van der Waals surface area contributed by atoms with E-state index in [1.807, 2.05) is 0 Å². The predicted octanol–water partition coefficient (Wildman–Crippen LogP) is 1.05. The molecule has 0 aromatic carbocycles. The van der Waals surface area contributed by atoms with Crippen molar-refractivity contribution in [2.24, 2.45) is 5.92 Å². The van der Waals surface area contributed by atoms with E-state index in [0.29, 0.717) is 12.2 Å². The summed E-state index contributed by atoms with van der Waals surface area (Å²) in [5.41, 5.74) is 0. The first kappa shape index (κ1) is 20.2. The highest BCUT2D eigenvalue weighted by Gasteiger charge is 2.46. The summed E-state index contributed by atoms with van der Waals surface area (Å²) in [6.07, 6.45) is -4.83. The molecule has 0 saturated carbocycles. The number of carbonyl (C=O) groups excluding carboxylic acids is 3. The summed E-state index contributed by atoms with van der Waals surface area (Å²) in [5.74, 6) is -1.49. The minimum absolute atomic E-state index is 0.115. The van der Waals surface area contributed by atoms with Gasteiger partial charge in [0.1, 0.15) is 11.4 Å². The number of amides is 3. The standard InChI is InChI=1S/C13H18F3N3O4S2/c1-2-23-12(22)19-8(20)6-3-4-24-10(6)18-9(21)11-17-7(5-25-11)13(14,15)16/h6-7,10-11,17H,2-5H2,1H3,(H,18,21)(H,19,20,22). The number of hydrogen-bond acceptors (Lipinski definition) is 7. The maximum Gasteiger partial charge on any atom is 0.413 e. The molecule has 2 rings (SSSR count). The molecule has 2 aliphatic rings. The van der Waals surface area contributed by atoms with Gasteiger partial charge in [0, 0.05) is 5.75 Å². The van der Waals surface area contributed by atoms with Crippen LogP contribution in [0.5, 0.6) is 0 Å². The molecule has 0 aromatic heterocycles. The number of halogens is 3. The van der Waals surface area contributed by atoms with E-state index in [1.165, 1.54) is 11.8 Å². The van der Waals surface area contributed by atoms with Crippen LogP contribution in [0.3, 0.4) is 0 Å². The maximum atomic E-state index is 12.6. The van der Waals surface area contributed by atoms with Crippen molar-refractivity contribution in [2.75, 3.05) is 18.1 Å². The smallest absolute Gasteiger partial charge is 0.413 e. The van der Waals surface area contributed by atoms with Crippen molar-refractivity contribution >= 4 is 41.4 Å². The minimum Gasteiger partial charge on any atom is -0.450 e. The summed E-state index contributed by atoms with van der Waals surface area (Å²) in [6, 6.07) is -1.73. The van der Waals surface area contributed by atoms with Gasteiger partial charge in [-0.05, 0) is 19.1 Å². The highest BCUT2D eigenvalue weighted by Crippen LogP contribution is 2.33. The highest BCUT2D eigenvalue weighted by molar-refractivity contribution is 8.01. The first-order valence-electron chi connectivity index (χ1n) is 7.56. The molecule has 25 heavy (non-hydrogen) atoms. The van der Waals surface area contributed by atoms with Crippen molar-refractivity contribution < 1.29 is 32.3 Å². The van der Waals surface area contributed by atoms with E-state index < -0.39 is 46.8 Å². The summed E-state index contributed by atoms with van der Waals surface area (Å²) in [4.78, 5) is 35.6. The lowest BCUT2D eigenvalue weighted by Crippen LogP contribution is -2.51. The normalized spacial score (nSPS) is 29.3. The highest BCUT2D eigenvalue weighted by atomic mass is 32.2. The van der Waals surface area contributed by atoms with Crippen LogP contribution in [0.15, 0.2) is 0 Å². The van der Waals surface area contributed by atoms with E-state index in [-0.39, 0.29) is 12.4 Å². The molecular weight excluding hydrogens is 383 g/mol. The van der Waals surface area contributed by atoms with Gasteiger partial charge in [-0.15, -0.1) is 23.5 Å². The van der Waals surface area contributed by atoms with Crippen molar-refractivity contribution in [3.8, 4) is 0 Å². The molecule has 2 fully saturated rings. The fourth-order valence-corrected chi connectivity index (χ4v) is 4.87. The van der Waals surface area contributed by atoms with Crippen molar-refractivity contribution in [3.05, 3.63) is 0 Å². The van der Waals surface area contributed by atoms with Gasteiger partial charge in [-0.1, -0.05) is 0 Å². The van der Waals surface area contributed by atoms with Crippen molar-refractivity contribution in [3.63, 3.8) is 0 Å². The lowest BCUT2D eigenvalue weighted by molar-refractivity contribution is -0.150. The SMILES string of the molecule is CCOC(=O)NC(=O)C1CCSC1NC(=O)C1NC(C(F)(F)F)CS1. The Morgan fingerprint density at radius 3 is 2.56 bits per heavy atom. The molecule has 0 spiro atoms. The molecule has 0 aliphatic carbocycles. The van der Waals surface area contributed by atoms with Crippen LogP contribution in [-0.2, 0) is 14.3 Å². The Balaban J connectivity index is 1.87. The molecule has 0 aromatic rings. The molecule has 2 aliphatic heterocycles. The van der Waals surface area contributed by atoms with Gasteiger partial charge in [0.25, 0.3) is 0 Å². The number of ether oxygens (including phenoxy) is 1. The van der Waals surface area contributed by atoms with Crippen molar-refractivity contribution in [2.45, 2.75) is 36.3 Å². The van der Waals surface area contributed by atoms with Gasteiger partial charge < -0.3 is 10.1 Å². The number of thioether (sulfide) groups is 2. The van der Waals surface area contributed by atoms with E-state index in [9.17, 15) is 27.6 Å². The second-order valence-corrected chi connectivity index (χ2v) is 7.77. The Bertz CT molecular complexity index is 535. The fraction of sp³-hybridized carbons (Fsp3) is 0.769. The zero-order chi connectivity index (χ0) is 18.6. The van der Waals surface area contributed by atoms with Crippen molar-refractivity contribution in [1.29, 1.82) is 0 Å². The summed E-state index contributed by atoms with van der Waals surface area (Å²) in [5, 5.41) is 5.29. The number of imide groups is 1. The lowest BCUT2D eigenvalue weighted by atomic mass is 10.1. The molecule has 2 saturated heterocycles. The monoisotopic (exact) mass is 401 g/mol. The van der Waals surface area contributed by atoms with Crippen molar-refractivity contribution in [1.82, 2.24) is 16.0 Å². The Labute approximate surface area is 150 Å². The number of rotatable bonds is 4. The second-order valence-electron chi connectivity index (χ2n) is 5.38. The van der Waals surface area contributed by atoms with E-state index in [0.717, 1.165) is 11.8 Å². The molecule has 7 nitrogen and oxygen atoms in total. The van der Waals surface area contributed by atoms with Crippen LogP contribution in [0.1, 0.15) is 13.3 Å². The molecule has 3 amide bonds. The van der Waals surface area contributed by atoms with Gasteiger partial charge >= 0.3 is 12.3 Å². The molecule has 4 unspecified atom stereocenters. The van der Waals surface area contributed by atoms with Gasteiger partial charge in [-0.3, -0.25) is 20.2 Å². The fourth-order valence-electron chi connectivity index (χ4n) is 2.39. The third kappa shape index (κ3) is 5.42. The Morgan fingerprint density at radius 2 is 1.96 bits per heavy atom. The number of hydrogen-bond donors (Lipinski definition) is 3. The summed E-state index contributed by atoms with van der Waals surface area (Å²) in [6.45, 7) is 1.71. The quantitative estimate of drug-likeness (QED) is 0.648. The average Bonchev–Trinajstić information content (AvgIpc) is 3.15. The van der Waals surface area contributed by atoms with Crippen LogP contribution < -0.4 is 16.0 Å². The molecule has 4 atom stereocenters. The van der Waals surface area contributed by atoms with E-state index in [2.05, 4.69) is 20.7 Å². The number of alkyl halides is 3. The zero-order valence-electron chi connectivity index (χ0n) is 13.2. The number of nitrogens with one attached hydrogen (secondary N) is 3.